The van der Waals surface area contributed by atoms with Crippen molar-refractivity contribution in [1.82, 2.24) is 0 Å². The Morgan fingerprint density at radius 1 is 1.19 bits per heavy atom. The number of nitriles is 1. The van der Waals surface area contributed by atoms with Gasteiger partial charge in [0.05, 0.1) is 17.6 Å². The van der Waals surface area contributed by atoms with Gasteiger partial charge in [-0.1, -0.05) is 29.8 Å². The lowest BCUT2D eigenvalue weighted by Crippen LogP contribution is -2.25. The summed E-state index contributed by atoms with van der Waals surface area (Å²) in [6.07, 6.45) is 0. The summed E-state index contributed by atoms with van der Waals surface area (Å²) in [7, 11) is -3.99. The quantitative estimate of drug-likeness (QED) is 0.736. The lowest BCUT2D eigenvalue weighted by Gasteiger charge is -2.09. The molecular formula is C20H18FNO4S. The minimum Gasteiger partial charge on any atom is -0.465 e. The van der Waals surface area contributed by atoms with Crippen LogP contribution in [0.4, 0.5) is 4.39 Å². The van der Waals surface area contributed by atoms with E-state index in [1.807, 2.05) is 13.0 Å². The molecule has 7 heteroatoms. The molecule has 0 aliphatic heterocycles. The summed E-state index contributed by atoms with van der Waals surface area (Å²) >= 11 is 0. The second kappa shape index (κ2) is 6.78. The third-order valence-corrected chi connectivity index (χ3v) is 7.09. The van der Waals surface area contributed by atoms with Crippen LogP contribution in [-0.4, -0.2) is 26.2 Å². The first-order valence-corrected chi connectivity index (χ1v) is 9.98. The highest BCUT2D eigenvalue weighted by Crippen LogP contribution is 2.64. The van der Waals surface area contributed by atoms with Gasteiger partial charge in [-0.3, -0.25) is 4.79 Å². The average molecular weight is 387 g/mol. The maximum absolute atomic E-state index is 13.3. The number of esters is 1. The van der Waals surface area contributed by atoms with Crippen molar-refractivity contribution < 1.29 is 22.3 Å². The van der Waals surface area contributed by atoms with Crippen LogP contribution >= 0.6 is 0 Å². The number of halogens is 1. The number of benzene rings is 2. The standard InChI is InChI=1S/C20H18FNO4S/c1-3-26-19(23)20(12-22)17(14-6-8-15(21)9-7-14)18(20)27(24,25)16-10-4-13(2)5-11-16/h4-11,17-18H,3H2,1-2H3/t17-,18+,20-/m1/s1. The van der Waals surface area contributed by atoms with Crippen LogP contribution in [0.1, 0.15) is 24.0 Å². The van der Waals surface area contributed by atoms with E-state index in [1.54, 1.807) is 19.1 Å². The summed E-state index contributed by atoms with van der Waals surface area (Å²) in [6, 6.07) is 13.3. The van der Waals surface area contributed by atoms with E-state index in [1.165, 1.54) is 36.4 Å². The number of nitrogens with zero attached hydrogens (tertiary/aromatic N) is 1. The summed E-state index contributed by atoms with van der Waals surface area (Å²) in [5.41, 5.74) is -0.555. The van der Waals surface area contributed by atoms with Crippen LogP contribution < -0.4 is 0 Å². The Labute approximate surface area is 157 Å². The predicted octanol–water partition coefficient (Wildman–Crippen LogP) is 3.15. The number of hydrogen-bond donors (Lipinski definition) is 0. The van der Waals surface area contributed by atoms with E-state index >= 15 is 0 Å². The molecule has 0 amide bonds. The van der Waals surface area contributed by atoms with Crippen molar-refractivity contribution in [1.29, 1.82) is 5.26 Å². The van der Waals surface area contributed by atoms with E-state index in [9.17, 15) is 22.9 Å². The van der Waals surface area contributed by atoms with E-state index in [0.717, 1.165) is 5.56 Å². The molecule has 140 valence electrons. The topological polar surface area (TPSA) is 84.2 Å². The molecule has 0 bridgehead atoms. The van der Waals surface area contributed by atoms with Gasteiger partial charge in [0, 0.05) is 5.92 Å². The fourth-order valence-electron chi connectivity index (χ4n) is 3.43. The Bertz CT molecular complexity index is 1010. The molecule has 5 nitrogen and oxygen atoms in total. The van der Waals surface area contributed by atoms with Gasteiger partial charge in [0.15, 0.2) is 15.3 Å². The number of sulfone groups is 1. The Morgan fingerprint density at radius 3 is 2.30 bits per heavy atom. The van der Waals surface area contributed by atoms with Gasteiger partial charge in [0.1, 0.15) is 11.1 Å². The molecule has 1 saturated carbocycles. The van der Waals surface area contributed by atoms with E-state index in [4.69, 9.17) is 4.74 Å². The number of ether oxygens (including phenoxy) is 1. The van der Waals surface area contributed by atoms with Crippen molar-refractivity contribution in [2.75, 3.05) is 6.61 Å². The van der Waals surface area contributed by atoms with Crippen LogP contribution in [0.5, 0.6) is 0 Å². The van der Waals surface area contributed by atoms with Crippen molar-refractivity contribution in [2.24, 2.45) is 5.41 Å². The normalized spacial score (nSPS) is 24.1. The molecule has 0 radical (unpaired) electrons. The molecule has 0 saturated heterocycles. The van der Waals surface area contributed by atoms with E-state index in [0.29, 0.717) is 5.56 Å². The largest absolute Gasteiger partial charge is 0.465 e. The zero-order chi connectivity index (χ0) is 19.8. The predicted molar refractivity (Wildman–Crippen MR) is 96.0 cm³/mol. The molecule has 0 unspecified atom stereocenters. The minimum absolute atomic E-state index is 0.0235. The van der Waals surface area contributed by atoms with Gasteiger partial charge in [-0.15, -0.1) is 0 Å². The third-order valence-electron chi connectivity index (χ3n) is 4.84. The van der Waals surface area contributed by atoms with Gasteiger partial charge in [0.25, 0.3) is 0 Å². The van der Waals surface area contributed by atoms with E-state index in [-0.39, 0.29) is 11.5 Å². The molecule has 27 heavy (non-hydrogen) atoms. The molecule has 2 aromatic rings. The van der Waals surface area contributed by atoms with Crippen LogP contribution in [-0.2, 0) is 19.4 Å². The van der Waals surface area contributed by atoms with Crippen molar-refractivity contribution in [3.8, 4) is 6.07 Å². The van der Waals surface area contributed by atoms with Crippen LogP contribution in [0.15, 0.2) is 53.4 Å². The van der Waals surface area contributed by atoms with E-state index in [2.05, 4.69) is 0 Å². The first-order chi connectivity index (χ1) is 12.8. The van der Waals surface area contributed by atoms with E-state index < -0.39 is 38.2 Å². The molecule has 0 spiro atoms. The molecule has 1 aliphatic carbocycles. The second-order valence-electron chi connectivity index (χ2n) is 6.51. The Morgan fingerprint density at radius 2 is 1.78 bits per heavy atom. The van der Waals surface area contributed by atoms with Crippen LogP contribution in [0.25, 0.3) is 0 Å². The zero-order valence-corrected chi connectivity index (χ0v) is 15.7. The molecule has 3 rings (SSSR count). The van der Waals surface area contributed by atoms with Gasteiger partial charge < -0.3 is 4.74 Å². The Hall–Kier alpha value is -2.72. The SMILES string of the molecule is CCOC(=O)[C@]1(C#N)[C@H](c2ccc(F)cc2)[C@@H]1S(=O)(=O)c1ccc(C)cc1. The molecule has 0 N–H and O–H groups in total. The molecule has 3 atom stereocenters. The monoisotopic (exact) mass is 387 g/mol. The number of carbonyl (C=O) groups excluding carboxylic acids is 1. The van der Waals surface area contributed by atoms with Crippen molar-refractivity contribution in [3.63, 3.8) is 0 Å². The maximum atomic E-state index is 13.3. The lowest BCUT2D eigenvalue weighted by molar-refractivity contribution is -0.147. The molecule has 2 aromatic carbocycles. The summed E-state index contributed by atoms with van der Waals surface area (Å²) in [5.74, 6) is -2.29. The summed E-state index contributed by atoms with van der Waals surface area (Å²) in [6.45, 7) is 3.43. The van der Waals surface area contributed by atoms with Crippen LogP contribution in [0.2, 0.25) is 0 Å². The van der Waals surface area contributed by atoms with Gasteiger partial charge in [-0.05, 0) is 43.7 Å². The van der Waals surface area contributed by atoms with Gasteiger partial charge in [0.2, 0.25) is 0 Å². The summed E-state index contributed by atoms with van der Waals surface area (Å²) in [4.78, 5) is 12.6. The smallest absolute Gasteiger partial charge is 0.328 e. The highest BCUT2D eigenvalue weighted by Gasteiger charge is 2.77. The fourth-order valence-corrected chi connectivity index (χ4v) is 5.68. The van der Waals surface area contributed by atoms with Gasteiger partial charge in [-0.25, -0.2) is 12.8 Å². The van der Waals surface area contributed by atoms with Crippen molar-refractivity contribution >= 4 is 15.8 Å². The third kappa shape index (κ3) is 3.00. The molecular weight excluding hydrogens is 369 g/mol. The molecule has 0 aromatic heterocycles. The first kappa shape index (κ1) is 19.1. The zero-order valence-electron chi connectivity index (χ0n) is 14.8. The molecule has 1 fully saturated rings. The second-order valence-corrected chi connectivity index (χ2v) is 8.58. The minimum atomic E-state index is -3.99. The van der Waals surface area contributed by atoms with Gasteiger partial charge in [-0.2, -0.15) is 5.26 Å². The van der Waals surface area contributed by atoms with Crippen molar-refractivity contribution in [3.05, 3.63) is 65.5 Å². The lowest BCUT2D eigenvalue weighted by atomic mass is 10.0. The highest BCUT2D eigenvalue weighted by atomic mass is 32.2. The fraction of sp³-hybridized carbons (Fsp3) is 0.300. The summed E-state index contributed by atoms with van der Waals surface area (Å²) < 4.78 is 44.7. The maximum Gasteiger partial charge on any atom is 0.328 e. The average Bonchev–Trinajstić information content (AvgIpc) is 3.34. The van der Waals surface area contributed by atoms with Crippen LogP contribution in [0.3, 0.4) is 0 Å². The molecule has 1 aliphatic rings. The van der Waals surface area contributed by atoms with Crippen LogP contribution in [0, 0.1) is 29.5 Å². The summed E-state index contributed by atoms with van der Waals surface area (Å²) in [5, 5.41) is 8.49. The number of carbonyl (C=O) groups is 1. The van der Waals surface area contributed by atoms with Crippen molar-refractivity contribution in [2.45, 2.75) is 29.9 Å². The van der Waals surface area contributed by atoms with Gasteiger partial charge >= 0.3 is 5.97 Å². The Kier molecular flexibility index (Phi) is 4.79. The number of rotatable bonds is 5. The first-order valence-electron chi connectivity index (χ1n) is 8.43. The Balaban J connectivity index is 2.12. The number of hydrogen-bond acceptors (Lipinski definition) is 5. The molecule has 0 heterocycles. The number of aryl methyl sites for hydroxylation is 1. The highest BCUT2D eigenvalue weighted by molar-refractivity contribution is 7.92.